The number of rotatable bonds is 4. The van der Waals surface area contributed by atoms with Gasteiger partial charge in [0.15, 0.2) is 6.29 Å². The highest BCUT2D eigenvalue weighted by Gasteiger charge is 2.16. The van der Waals surface area contributed by atoms with E-state index in [1.165, 1.54) is 6.33 Å². The Kier molecular flexibility index (Phi) is 3.69. The molecule has 1 aromatic heterocycles. The quantitative estimate of drug-likeness (QED) is 0.640. The van der Waals surface area contributed by atoms with Gasteiger partial charge in [0.25, 0.3) is 0 Å². The molecule has 0 saturated carbocycles. The van der Waals surface area contributed by atoms with Gasteiger partial charge in [-0.2, -0.15) is 0 Å². The molecule has 1 saturated heterocycles. The number of aldehydes is 1. The van der Waals surface area contributed by atoms with E-state index in [4.69, 9.17) is 16.3 Å². The molecule has 1 fully saturated rings. The van der Waals surface area contributed by atoms with Gasteiger partial charge >= 0.3 is 0 Å². The van der Waals surface area contributed by atoms with Crippen LogP contribution in [0.5, 0.6) is 0 Å². The van der Waals surface area contributed by atoms with Crippen LogP contribution >= 0.6 is 11.6 Å². The Morgan fingerprint density at radius 2 is 2.50 bits per heavy atom. The Balaban J connectivity index is 2.02. The molecule has 86 valence electrons. The van der Waals surface area contributed by atoms with Crippen molar-refractivity contribution in [3.05, 3.63) is 17.0 Å². The molecule has 0 aliphatic carbocycles. The minimum atomic E-state index is 0.167. The summed E-state index contributed by atoms with van der Waals surface area (Å²) in [7, 11) is 0. The van der Waals surface area contributed by atoms with Crippen LogP contribution in [0.2, 0.25) is 5.15 Å². The molecule has 0 amide bonds. The lowest BCUT2D eigenvalue weighted by molar-refractivity contribution is 0.112. The number of ether oxygens (including phenoxy) is 1. The largest absolute Gasteiger partial charge is 0.376 e. The SMILES string of the molecule is O=Cc1c(Cl)ncnc1NCC1CCCO1. The predicted octanol–water partition coefficient (Wildman–Crippen LogP) is 1.53. The van der Waals surface area contributed by atoms with Crippen molar-refractivity contribution in [1.82, 2.24) is 9.97 Å². The number of aromatic nitrogens is 2. The van der Waals surface area contributed by atoms with Crippen LogP contribution < -0.4 is 5.32 Å². The topological polar surface area (TPSA) is 64.1 Å². The molecule has 6 heteroatoms. The molecule has 0 spiro atoms. The summed E-state index contributed by atoms with van der Waals surface area (Å²) in [5, 5.41) is 3.22. The Hall–Kier alpha value is -1.20. The average Bonchev–Trinajstić information content (AvgIpc) is 2.79. The number of hydrogen-bond acceptors (Lipinski definition) is 5. The van der Waals surface area contributed by atoms with Crippen molar-refractivity contribution in [2.75, 3.05) is 18.5 Å². The van der Waals surface area contributed by atoms with Crippen molar-refractivity contribution in [3.8, 4) is 0 Å². The lowest BCUT2D eigenvalue weighted by atomic mass is 10.2. The van der Waals surface area contributed by atoms with E-state index in [2.05, 4.69) is 15.3 Å². The van der Waals surface area contributed by atoms with Crippen LogP contribution in [0.25, 0.3) is 0 Å². The first-order chi connectivity index (χ1) is 7.81. The van der Waals surface area contributed by atoms with Crippen LogP contribution in [0.4, 0.5) is 5.82 Å². The molecule has 1 unspecified atom stereocenters. The van der Waals surface area contributed by atoms with Gasteiger partial charge in [-0.05, 0) is 12.8 Å². The Labute approximate surface area is 98.2 Å². The van der Waals surface area contributed by atoms with Crippen molar-refractivity contribution in [2.45, 2.75) is 18.9 Å². The second kappa shape index (κ2) is 5.23. The van der Waals surface area contributed by atoms with E-state index in [-0.39, 0.29) is 11.3 Å². The fraction of sp³-hybridized carbons (Fsp3) is 0.500. The summed E-state index contributed by atoms with van der Waals surface area (Å²) in [5.41, 5.74) is 0.294. The van der Waals surface area contributed by atoms with E-state index in [0.29, 0.717) is 24.2 Å². The van der Waals surface area contributed by atoms with Crippen LogP contribution in [-0.4, -0.2) is 35.5 Å². The molecule has 5 nitrogen and oxygen atoms in total. The monoisotopic (exact) mass is 241 g/mol. The number of carbonyl (C=O) groups is 1. The average molecular weight is 242 g/mol. The maximum atomic E-state index is 10.8. The Bertz CT molecular complexity index is 380. The molecule has 2 rings (SSSR count). The molecule has 1 atom stereocenters. The van der Waals surface area contributed by atoms with E-state index < -0.39 is 0 Å². The van der Waals surface area contributed by atoms with E-state index in [0.717, 1.165) is 19.4 Å². The van der Waals surface area contributed by atoms with Crippen LogP contribution in [0.1, 0.15) is 23.2 Å². The maximum absolute atomic E-state index is 10.8. The number of nitrogens with one attached hydrogen (secondary N) is 1. The summed E-state index contributed by atoms with van der Waals surface area (Å²) in [6.07, 6.45) is 4.28. The van der Waals surface area contributed by atoms with E-state index in [1.54, 1.807) is 0 Å². The molecule has 2 heterocycles. The van der Waals surface area contributed by atoms with Crippen LogP contribution in [-0.2, 0) is 4.74 Å². The number of halogens is 1. The zero-order valence-electron chi connectivity index (χ0n) is 8.65. The predicted molar refractivity (Wildman–Crippen MR) is 59.9 cm³/mol. The molecule has 1 aromatic rings. The number of hydrogen-bond donors (Lipinski definition) is 1. The van der Waals surface area contributed by atoms with Crippen LogP contribution in [0.3, 0.4) is 0 Å². The van der Waals surface area contributed by atoms with Gasteiger partial charge in [0.2, 0.25) is 0 Å². The molecule has 16 heavy (non-hydrogen) atoms. The normalized spacial score (nSPS) is 19.7. The number of nitrogens with zero attached hydrogens (tertiary/aromatic N) is 2. The highest BCUT2D eigenvalue weighted by Crippen LogP contribution is 2.18. The summed E-state index contributed by atoms with van der Waals surface area (Å²) >= 11 is 5.77. The van der Waals surface area contributed by atoms with E-state index in [9.17, 15) is 4.79 Å². The maximum Gasteiger partial charge on any atom is 0.156 e. The summed E-state index contributed by atoms with van der Waals surface area (Å²) in [6.45, 7) is 1.44. The fourth-order valence-corrected chi connectivity index (χ4v) is 1.81. The van der Waals surface area contributed by atoms with Crippen LogP contribution in [0.15, 0.2) is 6.33 Å². The molecular formula is C10H12ClN3O2. The van der Waals surface area contributed by atoms with Crippen molar-refractivity contribution in [1.29, 1.82) is 0 Å². The molecule has 0 radical (unpaired) electrons. The van der Waals surface area contributed by atoms with Gasteiger partial charge in [-0.1, -0.05) is 11.6 Å². The standard InChI is InChI=1S/C10H12ClN3O2/c11-9-8(5-15)10(14-6-13-9)12-4-7-2-1-3-16-7/h5-7H,1-4H2,(H,12,13,14). The third-order valence-electron chi connectivity index (χ3n) is 2.47. The van der Waals surface area contributed by atoms with Gasteiger partial charge in [-0.3, -0.25) is 4.79 Å². The zero-order valence-corrected chi connectivity index (χ0v) is 9.41. The molecule has 1 N–H and O–H groups in total. The highest BCUT2D eigenvalue weighted by molar-refractivity contribution is 6.32. The lowest BCUT2D eigenvalue weighted by Gasteiger charge is -2.12. The van der Waals surface area contributed by atoms with Crippen molar-refractivity contribution in [3.63, 3.8) is 0 Å². The van der Waals surface area contributed by atoms with E-state index in [1.807, 2.05) is 0 Å². The number of anilines is 1. The summed E-state index contributed by atoms with van der Waals surface area (Å²) in [5.74, 6) is 0.463. The summed E-state index contributed by atoms with van der Waals surface area (Å²) in [4.78, 5) is 18.5. The van der Waals surface area contributed by atoms with Gasteiger partial charge in [0.05, 0.1) is 11.7 Å². The fourth-order valence-electron chi connectivity index (χ4n) is 1.64. The van der Waals surface area contributed by atoms with Gasteiger partial charge in [-0.25, -0.2) is 9.97 Å². The summed E-state index contributed by atoms with van der Waals surface area (Å²) in [6, 6.07) is 0. The van der Waals surface area contributed by atoms with Gasteiger partial charge in [-0.15, -0.1) is 0 Å². The van der Waals surface area contributed by atoms with Crippen LogP contribution in [0, 0.1) is 0 Å². The highest BCUT2D eigenvalue weighted by atomic mass is 35.5. The van der Waals surface area contributed by atoms with E-state index >= 15 is 0 Å². The minimum Gasteiger partial charge on any atom is -0.376 e. The smallest absolute Gasteiger partial charge is 0.156 e. The molecule has 0 aromatic carbocycles. The first kappa shape index (κ1) is 11.3. The van der Waals surface area contributed by atoms with Crippen molar-refractivity contribution >= 4 is 23.7 Å². The summed E-state index contributed by atoms with van der Waals surface area (Å²) < 4.78 is 5.45. The molecular weight excluding hydrogens is 230 g/mol. The lowest BCUT2D eigenvalue weighted by Crippen LogP contribution is -2.19. The van der Waals surface area contributed by atoms with Gasteiger partial charge in [0.1, 0.15) is 17.3 Å². The second-order valence-corrected chi connectivity index (χ2v) is 3.92. The van der Waals surface area contributed by atoms with Crippen molar-refractivity contribution in [2.24, 2.45) is 0 Å². The third kappa shape index (κ3) is 2.48. The third-order valence-corrected chi connectivity index (χ3v) is 2.78. The zero-order chi connectivity index (χ0) is 11.4. The van der Waals surface area contributed by atoms with Gasteiger partial charge in [0, 0.05) is 13.2 Å². The molecule has 1 aliphatic rings. The number of carbonyl (C=O) groups excluding carboxylic acids is 1. The van der Waals surface area contributed by atoms with Crippen molar-refractivity contribution < 1.29 is 9.53 Å². The van der Waals surface area contributed by atoms with Gasteiger partial charge < -0.3 is 10.1 Å². The first-order valence-electron chi connectivity index (χ1n) is 5.12. The molecule has 1 aliphatic heterocycles. The molecule has 0 bridgehead atoms. The Morgan fingerprint density at radius 3 is 3.19 bits per heavy atom. The first-order valence-corrected chi connectivity index (χ1v) is 5.50. The minimum absolute atomic E-state index is 0.167. The Morgan fingerprint density at radius 1 is 1.62 bits per heavy atom. The second-order valence-electron chi connectivity index (χ2n) is 3.56.